The predicted molar refractivity (Wildman–Crippen MR) is 102 cm³/mol. The summed E-state index contributed by atoms with van der Waals surface area (Å²) in [6, 6.07) is 13.3. The molecule has 0 saturated carbocycles. The number of hydrogen-bond acceptors (Lipinski definition) is 3. The smallest absolute Gasteiger partial charge is 0.251 e. The van der Waals surface area contributed by atoms with E-state index in [0.29, 0.717) is 31.5 Å². The van der Waals surface area contributed by atoms with Gasteiger partial charge >= 0.3 is 0 Å². The monoisotopic (exact) mass is 362 g/mol. The molecule has 1 N–H and O–H groups in total. The molecular weight excluding hydrogens is 340 g/mol. The Morgan fingerprint density at radius 1 is 1.15 bits per heavy atom. The van der Waals surface area contributed by atoms with Gasteiger partial charge in [-0.25, -0.2) is 4.98 Å². The number of benzene rings is 1. The fourth-order valence-corrected chi connectivity index (χ4v) is 3.37. The number of nitrogens with one attached hydrogen (secondary N) is 1. The van der Waals surface area contributed by atoms with Crippen LogP contribution in [0.15, 0.2) is 54.9 Å². The van der Waals surface area contributed by atoms with Crippen LogP contribution in [0.1, 0.15) is 34.5 Å². The summed E-state index contributed by atoms with van der Waals surface area (Å²) in [7, 11) is 0. The Balaban J connectivity index is 1.29. The Kier molecular flexibility index (Phi) is 4.87. The number of nitrogens with zero attached hydrogens (tertiary/aromatic N) is 3. The Labute approximate surface area is 157 Å². The summed E-state index contributed by atoms with van der Waals surface area (Å²) in [6.45, 7) is 1.98. The highest BCUT2D eigenvalue weighted by atomic mass is 16.2. The Morgan fingerprint density at radius 2 is 2.00 bits per heavy atom. The molecule has 0 radical (unpaired) electrons. The maximum atomic E-state index is 12.3. The molecule has 0 spiro atoms. The van der Waals surface area contributed by atoms with Gasteiger partial charge in [-0.05, 0) is 36.2 Å². The second kappa shape index (κ2) is 7.61. The normalized spacial score (nSPS) is 14.1. The van der Waals surface area contributed by atoms with Gasteiger partial charge in [-0.1, -0.05) is 18.2 Å². The largest absolute Gasteiger partial charge is 0.352 e. The number of likely N-dealkylation sites (tertiary alicyclic amines) is 1. The van der Waals surface area contributed by atoms with Gasteiger partial charge in [0.2, 0.25) is 5.91 Å². The average Bonchev–Trinajstić information content (AvgIpc) is 3.28. The van der Waals surface area contributed by atoms with Gasteiger partial charge in [-0.3, -0.25) is 9.59 Å². The molecule has 4 rings (SSSR count). The van der Waals surface area contributed by atoms with Gasteiger partial charge in [0.15, 0.2) is 0 Å². The number of rotatable bonds is 6. The van der Waals surface area contributed by atoms with Crippen molar-refractivity contribution in [3.63, 3.8) is 0 Å². The highest BCUT2D eigenvalue weighted by molar-refractivity contribution is 5.94. The summed E-state index contributed by atoms with van der Waals surface area (Å²) >= 11 is 0. The highest BCUT2D eigenvalue weighted by Gasteiger charge is 2.19. The standard InChI is InChI=1S/C21H22N4O2/c26-20-5-3-13-25(20)14-16-6-8-17(9-7-16)21(27)22-11-10-18-15-24-12-2-1-4-19(24)23-18/h1-2,4,6-9,12,15H,3,5,10-11,13-14H2,(H,22,27). The molecule has 2 amide bonds. The van der Waals surface area contributed by atoms with Gasteiger partial charge in [0.1, 0.15) is 5.65 Å². The first-order valence-corrected chi connectivity index (χ1v) is 9.26. The Hall–Kier alpha value is -3.15. The number of carbonyl (C=O) groups is 2. The molecular formula is C21H22N4O2. The van der Waals surface area contributed by atoms with Crippen LogP contribution in [0, 0.1) is 0 Å². The third kappa shape index (κ3) is 4.00. The topological polar surface area (TPSA) is 66.7 Å². The van der Waals surface area contributed by atoms with Crippen LogP contribution >= 0.6 is 0 Å². The van der Waals surface area contributed by atoms with Crippen LogP contribution in [-0.2, 0) is 17.8 Å². The van der Waals surface area contributed by atoms with Gasteiger partial charge in [-0.15, -0.1) is 0 Å². The van der Waals surface area contributed by atoms with E-state index in [1.54, 1.807) is 0 Å². The molecule has 27 heavy (non-hydrogen) atoms. The molecule has 2 aromatic heterocycles. The molecule has 0 unspecified atom stereocenters. The fraction of sp³-hybridized carbons (Fsp3) is 0.286. The SMILES string of the molecule is O=C(NCCc1cn2ccccc2n1)c1ccc(CN2CCCC2=O)cc1. The third-order valence-corrected chi connectivity index (χ3v) is 4.84. The van der Waals surface area contributed by atoms with Crippen LogP contribution in [0.2, 0.25) is 0 Å². The summed E-state index contributed by atoms with van der Waals surface area (Å²) < 4.78 is 1.97. The van der Waals surface area contributed by atoms with Crippen molar-refractivity contribution in [3.05, 3.63) is 71.7 Å². The highest BCUT2D eigenvalue weighted by Crippen LogP contribution is 2.14. The quantitative estimate of drug-likeness (QED) is 0.732. The van der Waals surface area contributed by atoms with Crippen LogP contribution in [0.3, 0.4) is 0 Å². The molecule has 0 aliphatic carbocycles. The van der Waals surface area contributed by atoms with Gasteiger partial charge in [0.25, 0.3) is 5.91 Å². The minimum absolute atomic E-state index is 0.0948. The summed E-state index contributed by atoms with van der Waals surface area (Å²) in [5.41, 5.74) is 3.53. The van der Waals surface area contributed by atoms with E-state index < -0.39 is 0 Å². The first-order chi connectivity index (χ1) is 13.2. The van der Waals surface area contributed by atoms with E-state index in [0.717, 1.165) is 29.9 Å². The predicted octanol–water partition coefficient (Wildman–Crippen LogP) is 2.43. The maximum Gasteiger partial charge on any atom is 0.251 e. The van der Waals surface area contributed by atoms with E-state index in [1.165, 1.54) is 0 Å². The lowest BCUT2D eigenvalue weighted by Crippen LogP contribution is -2.26. The van der Waals surface area contributed by atoms with Crippen molar-refractivity contribution in [1.82, 2.24) is 19.6 Å². The van der Waals surface area contributed by atoms with E-state index in [1.807, 2.05) is 64.2 Å². The molecule has 3 heterocycles. The number of amides is 2. The van der Waals surface area contributed by atoms with Crippen LogP contribution in [-0.4, -0.2) is 39.2 Å². The summed E-state index contributed by atoms with van der Waals surface area (Å²) in [6.07, 6.45) is 6.21. The van der Waals surface area contributed by atoms with Crippen molar-refractivity contribution in [2.45, 2.75) is 25.8 Å². The molecule has 6 heteroatoms. The molecule has 0 bridgehead atoms. The lowest BCUT2D eigenvalue weighted by molar-refractivity contribution is -0.128. The van der Waals surface area contributed by atoms with E-state index in [9.17, 15) is 9.59 Å². The molecule has 0 atom stereocenters. The molecule has 1 aliphatic heterocycles. The number of fused-ring (bicyclic) bond motifs is 1. The summed E-state index contributed by atoms with van der Waals surface area (Å²) in [5, 5.41) is 2.94. The van der Waals surface area contributed by atoms with Gasteiger partial charge < -0.3 is 14.6 Å². The van der Waals surface area contributed by atoms with Gasteiger partial charge in [0.05, 0.1) is 5.69 Å². The molecule has 138 valence electrons. The number of pyridine rings is 1. The van der Waals surface area contributed by atoms with Crippen LogP contribution in [0.25, 0.3) is 5.65 Å². The minimum Gasteiger partial charge on any atom is -0.352 e. The van der Waals surface area contributed by atoms with Crippen LogP contribution in [0.5, 0.6) is 0 Å². The van der Waals surface area contributed by atoms with E-state index in [4.69, 9.17) is 0 Å². The molecule has 1 saturated heterocycles. The van der Waals surface area contributed by atoms with Crippen molar-refractivity contribution in [2.24, 2.45) is 0 Å². The number of imidazole rings is 1. The molecule has 1 aromatic carbocycles. The van der Waals surface area contributed by atoms with Crippen molar-refractivity contribution in [2.75, 3.05) is 13.1 Å². The minimum atomic E-state index is -0.0948. The Bertz CT molecular complexity index is 929. The van der Waals surface area contributed by atoms with Crippen LogP contribution in [0.4, 0.5) is 0 Å². The van der Waals surface area contributed by atoms with Crippen molar-refractivity contribution in [1.29, 1.82) is 0 Å². The number of hydrogen-bond donors (Lipinski definition) is 1. The molecule has 3 aromatic rings. The van der Waals surface area contributed by atoms with E-state index >= 15 is 0 Å². The molecule has 6 nitrogen and oxygen atoms in total. The van der Waals surface area contributed by atoms with E-state index in [2.05, 4.69) is 10.3 Å². The number of carbonyl (C=O) groups excluding carboxylic acids is 2. The Morgan fingerprint density at radius 3 is 2.74 bits per heavy atom. The molecule has 1 aliphatic rings. The van der Waals surface area contributed by atoms with Crippen molar-refractivity contribution < 1.29 is 9.59 Å². The second-order valence-corrected chi connectivity index (χ2v) is 6.82. The average molecular weight is 362 g/mol. The summed E-state index contributed by atoms with van der Waals surface area (Å²) in [5.74, 6) is 0.117. The van der Waals surface area contributed by atoms with Gasteiger partial charge in [-0.2, -0.15) is 0 Å². The zero-order valence-electron chi connectivity index (χ0n) is 15.1. The second-order valence-electron chi connectivity index (χ2n) is 6.82. The lowest BCUT2D eigenvalue weighted by Gasteiger charge is -2.15. The molecule has 1 fully saturated rings. The zero-order chi connectivity index (χ0) is 18.6. The van der Waals surface area contributed by atoms with Gasteiger partial charge in [0, 0.05) is 50.4 Å². The fourth-order valence-electron chi connectivity index (χ4n) is 3.37. The van der Waals surface area contributed by atoms with Crippen molar-refractivity contribution >= 4 is 17.5 Å². The zero-order valence-corrected chi connectivity index (χ0v) is 15.1. The number of aromatic nitrogens is 2. The lowest BCUT2D eigenvalue weighted by atomic mass is 10.1. The summed E-state index contributed by atoms with van der Waals surface area (Å²) in [4.78, 5) is 30.4. The first-order valence-electron chi connectivity index (χ1n) is 9.26. The van der Waals surface area contributed by atoms with Crippen molar-refractivity contribution in [3.8, 4) is 0 Å². The van der Waals surface area contributed by atoms with E-state index in [-0.39, 0.29) is 11.8 Å². The van der Waals surface area contributed by atoms with Crippen LogP contribution < -0.4 is 5.32 Å². The first kappa shape index (κ1) is 17.3. The maximum absolute atomic E-state index is 12.3. The third-order valence-electron chi connectivity index (χ3n) is 4.84.